The molecule has 6 nitrogen and oxygen atoms in total. The van der Waals surface area contributed by atoms with Crippen LogP contribution in [0.2, 0.25) is 0 Å². The fraction of sp³-hybridized carbons (Fsp3) is 0.750. The highest BCUT2D eigenvalue weighted by Gasteiger charge is 2.80. The van der Waals surface area contributed by atoms with E-state index in [0.29, 0.717) is 31.3 Å². The third-order valence-electron chi connectivity index (χ3n) is 10.4. The zero-order chi connectivity index (χ0) is 26.0. The summed E-state index contributed by atoms with van der Waals surface area (Å²) < 4.78 is 23.7. The van der Waals surface area contributed by atoms with Crippen LogP contribution in [0.4, 0.5) is 4.39 Å². The molecule has 3 fully saturated rings. The molecule has 0 unspecified atom stereocenters. The van der Waals surface area contributed by atoms with Crippen molar-refractivity contribution in [1.29, 1.82) is 0 Å². The third kappa shape index (κ3) is 3.09. The van der Waals surface area contributed by atoms with Gasteiger partial charge in [0, 0.05) is 28.6 Å². The van der Waals surface area contributed by atoms with Crippen LogP contribution in [0.3, 0.4) is 0 Å². The number of alkyl halides is 1. The van der Waals surface area contributed by atoms with E-state index < -0.39 is 63.8 Å². The number of ketones is 2. The van der Waals surface area contributed by atoms with Gasteiger partial charge in [-0.25, -0.2) is 4.39 Å². The molecule has 8 atom stereocenters. The van der Waals surface area contributed by atoms with Gasteiger partial charge >= 0.3 is 5.97 Å². The van der Waals surface area contributed by atoms with Gasteiger partial charge in [-0.2, -0.15) is 0 Å². The van der Waals surface area contributed by atoms with Crippen molar-refractivity contribution >= 4 is 17.5 Å². The number of allylic oxidation sites excluding steroid dienone is 4. The SMILES string of the molecule is CCCCC(=O)O[C@]1(C(=O)CO)[C@@H](C)C[C@H]2[C@]3(C)CCC4=CC(=O)C=C[C@]4(C)[C@@]3(F)[C@@H](O)C[C@@]21C. The number of fused-ring (bicyclic) bond motifs is 5. The molecule has 0 spiro atoms. The van der Waals surface area contributed by atoms with Crippen LogP contribution >= 0.6 is 0 Å². The minimum Gasteiger partial charge on any atom is -0.450 e. The minimum atomic E-state index is -2.09. The summed E-state index contributed by atoms with van der Waals surface area (Å²) in [6, 6.07) is 0. The fourth-order valence-electron chi connectivity index (χ4n) is 8.67. The Balaban J connectivity index is 1.86. The lowest BCUT2D eigenvalue weighted by Gasteiger charge is -2.67. The second-order valence-electron chi connectivity index (χ2n) is 12.0. The summed E-state index contributed by atoms with van der Waals surface area (Å²) in [7, 11) is 0. The monoisotopic (exact) mass is 490 g/mol. The highest BCUT2D eigenvalue weighted by molar-refractivity contribution is 6.01. The van der Waals surface area contributed by atoms with E-state index in [1.807, 2.05) is 27.7 Å². The Kier molecular flexibility index (Phi) is 6.24. The molecule has 4 aliphatic rings. The molecular formula is C28H39FO6. The lowest BCUT2D eigenvalue weighted by Crippen LogP contribution is -2.73. The highest BCUT2D eigenvalue weighted by atomic mass is 19.1. The maximum absolute atomic E-state index is 17.6. The Morgan fingerprint density at radius 1 is 1.23 bits per heavy atom. The van der Waals surface area contributed by atoms with Crippen molar-refractivity contribution in [3.8, 4) is 0 Å². The van der Waals surface area contributed by atoms with Crippen molar-refractivity contribution in [2.45, 2.75) is 96.9 Å². The zero-order valence-electron chi connectivity index (χ0n) is 21.5. The first-order chi connectivity index (χ1) is 16.3. The summed E-state index contributed by atoms with van der Waals surface area (Å²) in [5, 5.41) is 21.6. The Morgan fingerprint density at radius 2 is 1.91 bits per heavy atom. The quantitative estimate of drug-likeness (QED) is 0.546. The summed E-state index contributed by atoms with van der Waals surface area (Å²) in [6.45, 7) is 8.40. The van der Waals surface area contributed by atoms with Crippen molar-refractivity contribution in [2.75, 3.05) is 6.61 Å². The van der Waals surface area contributed by atoms with Gasteiger partial charge < -0.3 is 14.9 Å². The average molecular weight is 491 g/mol. The van der Waals surface area contributed by atoms with E-state index in [1.165, 1.54) is 12.2 Å². The molecule has 0 aromatic carbocycles. The van der Waals surface area contributed by atoms with Crippen LogP contribution in [0.5, 0.6) is 0 Å². The maximum atomic E-state index is 17.6. The van der Waals surface area contributed by atoms with Crippen LogP contribution < -0.4 is 0 Å². The van der Waals surface area contributed by atoms with Gasteiger partial charge in [-0.1, -0.05) is 45.8 Å². The number of carbonyl (C=O) groups is 3. The summed E-state index contributed by atoms with van der Waals surface area (Å²) in [4.78, 5) is 38.4. The van der Waals surface area contributed by atoms with Crippen LogP contribution in [0.25, 0.3) is 0 Å². The predicted molar refractivity (Wildman–Crippen MR) is 128 cm³/mol. The van der Waals surface area contributed by atoms with Crippen LogP contribution in [0, 0.1) is 28.1 Å². The lowest BCUT2D eigenvalue weighted by molar-refractivity contribution is -0.259. The standard InChI is InChI=1S/C28H39FO6/c1-6-7-8-23(34)35-27(22(33)16-30)17(2)13-20-25(4)11-9-18-14-19(31)10-12-24(18,3)28(25,29)21(32)15-26(20,27)5/h10,12,14,17,20-21,30,32H,6-9,11,13,15-16H2,1-5H3/t17-,20-,21-,24-,25-,26-,27-,28-/m0/s1. The fourth-order valence-corrected chi connectivity index (χ4v) is 8.67. The van der Waals surface area contributed by atoms with Crippen LogP contribution in [-0.2, 0) is 19.1 Å². The summed E-state index contributed by atoms with van der Waals surface area (Å²) in [6.07, 6.45) is 5.79. The van der Waals surface area contributed by atoms with Gasteiger partial charge in [-0.3, -0.25) is 14.4 Å². The Bertz CT molecular complexity index is 1000. The number of Topliss-reactive ketones (excluding diaryl/α,β-unsaturated/α-hetero) is 1. The van der Waals surface area contributed by atoms with Crippen molar-refractivity contribution < 1.29 is 33.7 Å². The van der Waals surface area contributed by atoms with Gasteiger partial charge in [-0.05, 0) is 57.1 Å². The molecule has 0 radical (unpaired) electrons. The van der Waals surface area contributed by atoms with Crippen molar-refractivity contribution in [3.05, 3.63) is 23.8 Å². The van der Waals surface area contributed by atoms with Crippen molar-refractivity contribution in [3.63, 3.8) is 0 Å². The largest absolute Gasteiger partial charge is 0.450 e. The van der Waals surface area contributed by atoms with E-state index >= 15 is 4.39 Å². The topological polar surface area (TPSA) is 101 Å². The molecule has 194 valence electrons. The molecule has 7 heteroatoms. The summed E-state index contributed by atoms with van der Waals surface area (Å²) in [5.74, 6) is -2.12. The first kappa shape index (κ1) is 26.2. The van der Waals surface area contributed by atoms with Crippen molar-refractivity contribution in [1.82, 2.24) is 0 Å². The van der Waals surface area contributed by atoms with E-state index in [1.54, 1.807) is 13.0 Å². The number of ether oxygens (including phenoxy) is 1. The minimum absolute atomic E-state index is 0.0917. The van der Waals surface area contributed by atoms with Crippen LogP contribution in [0.1, 0.15) is 79.6 Å². The zero-order valence-corrected chi connectivity index (χ0v) is 21.5. The smallest absolute Gasteiger partial charge is 0.306 e. The normalized spacial score (nSPS) is 46.3. The number of aliphatic hydroxyl groups excluding tert-OH is 2. The molecule has 4 aliphatic carbocycles. The number of carbonyl (C=O) groups excluding carboxylic acids is 3. The first-order valence-corrected chi connectivity index (χ1v) is 13.0. The molecular weight excluding hydrogens is 451 g/mol. The third-order valence-corrected chi connectivity index (χ3v) is 10.4. The van der Waals surface area contributed by atoms with Gasteiger partial charge in [0.25, 0.3) is 0 Å². The number of unbranched alkanes of at least 4 members (excludes halogenated alkanes) is 1. The molecule has 0 bridgehead atoms. The van der Waals surface area contributed by atoms with E-state index in [2.05, 4.69) is 0 Å². The number of esters is 1. The van der Waals surface area contributed by atoms with Crippen LogP contribution in [-0.4, -0.2) is 51.7 Å². The predicted octanol–water partition coefficient (Wildman–Crippen LogP) is 4.03. The van der Waals surface area contributed by atoms with Gasteiger partial charge in [0.05, 0.1) is 6.10 Å². The molecule has 0 aliphatic heterocycles. The molecule has 4 rings (SSSR count). The van der Waals surface area contributed by atoms with E-state index in [0.717, 1.165) is 6.42 Å². The molecule has 3 saturated carbocycles. The maximum Gasteiger partial charge on any atom is 0.306 e. The van der Waals surface area contributed by atoms with E-state index in [-0.39, 0.29) is 18.6 Å². The molecule has 2 N–H and O–H groups in total. The van der Waals surface area contributed by atoms with Gasteiger partial charge in [0.2, 0.25) is 5.78 Å². The van der Waals surface area contributed by atoms with Gasteiger partial charge in [0.1, 0.15) is 6.61 Å². The molecule has 0 heterocycles. The van der Waals surface area contributed by atoms with Crippen molar-refractivity contribution in [2.24, 2.45) is 28.1 Å². The first-order valence-electron chi connectivity index (χ1n) is 13.0. The Labute approximate surface area is 207 Å². The number of halogens is 1. The molecule has 0 amide bonds. The average Bonchev–Trinajstić information content (AvgIpc) is 3.03. The second kappa shape index (κ2) is 8.34. The molecule has 0 saturated heterocycles. The van der Waals surface area contributed by atoms with E-state index in [4.69, 9.17) is 4.74 Å². The lowest BCUT2D eigenvalue weighted by atomic mass is 9.39. The van der Waals surface area contributed by atoms with Gasteiger partial charge in [-0.15, -0.1) is 0 Å². The summed E-state index contributed by atoms with van der Waals surface area (Å²) in [5.41, 5.74) is -6.33. The summed E-state index contributed by atoms with van der Waals surface area (Å²) >= 11 is 0. The number of aliphatic hydroxyl groups is 2. The second-order valence-corrected chi connectivity index (χ2v) is 12.0. The Hall–Kier alpha value is -1.86. The van der Waals surface area contributed by atoms with E-state index in [9.17, 15) is 24.6 Å². The molecule has 35 heavy (non-hydrogen) atoms. The molecule has 0 aromatic rings. The van der Waals surface area contributed by atoms with Gasteiger partial charge in [0.15, 0.2) is 17.1 Å². The van der Waals surface area contributed by atoms with Crippen LogP contribution in [0.15, 0.2) is 23.8 Å². The number of rotatable bonds is 6. The molecule has 0 aromatic heterocycles. The highest BCUT2D eigenvalue weighted by Crippen LogP contribution is 2.75. The number of hydrogen-bond acceptors (Lipinski definition) is 6. The number of hydrogen-bond donors (Lipinski definition) is 2. The Morgan fingerprint density at radius 3 is 2.54 bits per heavy atom.